The molecule has 1 aliphatic heterocycles. The fourth-order valence-corrected chi connectivity index (χ4v) is 3.19. The first kappa shape index (κ1) is 13.1. The van der Waals surface area contributed by atoms with Crippen molar-refractivity contribution in [1.82, 2.24) is 10.2 Å². The van der Waals surface area contributed by atoms with Gasteiger partial charge in [0.25, 0.3) is 0 Å². The molecule has 0 bridgehead atoms. The molecule has 0 amide bonds. The number of nitrogens with one attached hydrogen (secondary N) is 1. The van der Waals surface area contributed by atoms with E-state index in [1.165, 1.54) is 25.3 Å². The quantitative estimate of drug-likeness (QED) is 0.897. The van der Waals surface area contributed by atoms with Crippen LogP contribution < -0.4 is 5.32 Å². The van der Waals surface area contributed by atoms with Crippen molar-refractivity contribution >= 4 is 0 Å². The molecule has 2 nitrogen and oxygen atoms in total. The van der Waals surface area contributed by atoms with Gasteiger partial charge >= 0.3 is 0 Å². The molecule has 3 rings (SSSR count). The number of nitrogens with zero attached hydrogens (tertiary/aromatic N) is 1. The van der Waals surface area contributed by atoms with Gasteiger partial charge in [-0.25, -0.2) is 4.39 Å². The molecule has 1 aromatic carbocycles. The average molecular weight is 262 g/mol. The van der Waals surface area contributed by atoms with Gasteiger partial charge in [0.05, 0.1) is 0 Å². The van der Waals surface area contributed by atoms with E-state index in [1.807, 2.05) is 6.07 Å². The summed E-state index contributed by atoms with van der Waals surface area (Å²) in [5, 5.41) is 3.73. The lowest BCUT2D eigenvalue weighted by atomic mass is 9.95. The van der Waals surface area contributed by atoms with Gasteiger partial charge in [-0.15, -0.1) is 0 Å². The molecule has 2 unspecified atom stereocenters. The van der Waals surface area contributed by atoms with Crippen LogP contribution in [-0.4, -0.2) is 30.1 Å². The normalized spacial score (nSPS) is 28.5. The molecule has 1 aliphatic carbocycles. The molecule has 19 heavy (non-hydrogen) atoms. The minimum atomic E-state index is -0.129. The van der Waals surface area contributed by atoms with Crippen LogP contribution in [0.15, 0.2) is 24.3 Å². The van der Waals surface area contributed by atoms with Gasteiger partial charge in [0.2, 0.25) is 0 Å². The molecule has 1 aromatic rings. The second-order valence-electron chi connectivity index (χ2n) is 6.30. The highest BCUT2D eigenvalue weighted by Gasteiger charge is 2.29. The Morgan fingerprint density at radius 3 is 2.84 bits per heavy atom. The summed E-state index contributed by atoms with van der Waals surface area (Å²) in [6.45, 7) is 5.40. The number of rotatable bonds is 4. The second-order valence-corrected chi connectivity index (χ2v) is 6.30. The monoisotopic (exact) mass is 262 g/mol. The van der Waals surface area contributed by atoms with Crippen LogP contribution in [-0.2, 0) is 6.54 Å². The molecule has 1 heterocycles. The maximum Gasteiger partial charge on any atom is 0.123 e. The van der Waals surface area contributed by atoms with Gasteiger partial charge in [-0.2, -0.15) is 0 Å². The van der Waals surface area contributed by atoms with Crippen molar-refractivity contribution in [3.05, 3.63) is 35.6 Å². The van der Waals surface area contributed by atoms with E-state index in [-0.39, 0.29) is 5.82 Å². The van der Waals surface area contributed by atoms with Crippen molar-refractivity contribution in [3.63, 3.8) is 0 Å². The first-order chi connectivity index (χ1) is 9.19. The largest absolute Gasteiger partial charge is 0.310 e. The number of hydrogen-bond donors (Lipinski definition) is 1. The van der Waals surface area contributed by atoms with E-state index in [4.69, 9.17) is 0 Å². The van der Waals surface area contributed by atoms with Crippen LogP contribution >= 0.6 is 0 Å². The molecule has 1 N–H and O–H groups in total. The number of benzene rings is 1. The third-order valence-electron chi connectivity index (χ3n) is 4.08. The van der Waals surface area contributed by atoms with E-state index in [9.17, 15) is 4.39 Å². The Morgan fingerprint density at radius 1 is 1.26 bits per heavy atom. The summed E-state index contributed by atoms with van der Waals surface area (Å²) >= 11 is 0. The van der Waals surface area contributed by atoms with Crippen LogP contribution in [0.2, 0.25) is 0 Å². The van der Waals surface area contributed by atoms with Crippen LogP contribution in [0.4, 0.5) is 4.39 Å². The highest BCUT2D eigenvalue weighted by atomic mass is 19.1. The van der Waals surface area contributed by atoms with E-state index in [0.717, 1.165) is 37.2 Å². The lowest BCUT2D eigenvalue weighted by Crippen LogP contribution is -2.48. The third kappa shape index (κ3) is 3.77. The highest BCUT2D eigenvalue weighted by molar-refractivity contribution is 5.16. The molecule has 0 spiro atoms. The standard InChI is InChI=1S/C16H23FN2/c1-12-7-16(18-15-5-6-15)11-19(9-12)10-13-3-2-4-14(17)8-13/h2-4,8,12,15-16,18H,5-7,9-11H2,1H3. The summed E-state index contributed by atoms with van der Waals surface area (Å²) in [5.41, 5.74) is 1.08. The number of hydrogen-bond acceptors (Lipinski definition) is 2. The van der Waals surface area contributed by atoms with Gasteiger partial charge in [0.1, 0.15) is 5.82 Å². The Bertz CT molecular complexity index is 429. The van der Waals surface area contributed by atoms with Crippen LogP contribution in [0.5, 0.6) is 0 Å². The fourth-order valence-electron chi connectivity index (χ4n) is 3.19. The summed E-state index contributed by atoms with van der Waals surface area (Å²) < 4.78 is 13.2. The molecule has 0 radical (unpaired) electrons. The van der Waals surface area contributed by atoms with Gasteiger partial charge in [0.15, 0.2) is 0 Å². The van der Waals surface area contributed by atoms with Crippen LogP contribution in [0, 0.1) is 11.7 Å². The van der Waals surface area contributed by atoms with Gasteiger partial charge in [-0.3, -0.25) is 4.90 Å². The Labute approximate surface area is 115 Å². The number of likely N-dealkylation sites (tertiary alicyclic amines) is 1. The summed E-state index contributed by atoms with van der Waals surface area (Å²) in [5.74, 6) is 0.591. The lowest BCUT2D eigenvalue weighted by molar-refractivity contribution is 0.141. The zero-order valence-corrected chi connectivity index (χ0v) is 11.6. The molecule has 3 heteroatoms. The summed E-state index contributed by atoms with van der Waals surface area (Å²) in [6, 6.07) is 8.38. The van der Waals surface area contributed by atoms with Crippen molar-refractivity contribution in [1.29, 1.82) is 0 Å². The van der Waals surface area contributed by atoms with Crippen LogP contribution in [0.1, 0.15) is 31.7 Å². The molecule has 104 valence electrons. The van der Waals surface area contributed by atoms with E-state index < -0.39 is 0 Å². The minimum Gasteiger partial charge on any atom is -0.310 e. The van der Waals surface area contributed by atoms with E-state index in [2.05, 4.69) is 17.1 Å². The Hall–Kier alpha value is -0.930. The van der Waals surface area contributed by atoms with Crippen LogP contribution in [0.25, 0.3) is 0 Å². The van der Waals surface area contributed by atoms with Crippen molar-refractivity contribution in [2.75, 3.05) is 13.1 Å². The van der Waals surface area contributed by atoms with Crippen LogP contribution in [0.3, 0.4) is 0 Å². The summed E-state index contributed by atoms with van der Waals surface area (Å²) in [4.78, 5) is 2.46. The molecule has 1 saturated heterocycles. The fraction of sp³-hybridized carbons (Fsp3) is 0.625. The molecule has 2 atom stereocenters. The first-order valence-electron chi connectivity index (χ1n) is 7.42. The van der Waals surface area contributed by atoms with Crippen molar-refractivity contribution in [3.8, 4) is 0 Å². The Kier molecular flexibility index (Phi) is 3.85. The molecule has 2 fully saturated rings. The predicted octanol–water partition coefficient (Wildman–Crippen LogP) is 2.79. The average Bonchev–Trinajstić information content (AvgIpc) is 3.12. The van der Waals surface area contributed by atoms with Gasteiger partial charge in [0, 0.05) is 31.7 Å². The molecular formula is C16H23FN2. The van der Waals surface area contributed by atoms with E-state index >= 15 is 0 Å². The molecule has 2 aliphatic rings. The lowest BCUT2D eigenvalue weighted by Gasteiger charge is -2.37. The van der Waals surface area contributed by atoms with Crippen molar-refractivity contribution in [2.45, 2.75) is 44.8 Å². The number of halogens is 1. The summed E-state index contributed by atoms with van der Waals surface area (Å²) in [6.07, 6.45) is 3.96. The summed E-state index contributed by atoms with van der Waals surface area (Å²) in [7, 11) is 0. The van der Waals surface area contributed by atoms with E-state index in [1.54, 1.807) is 12.1 Å². The van der Waals surface area contributed by atoms with Gasteiger partial charge in [-0.1, -0.05) is 19.1 Å². The van der Waals surface area contributed by atoms with E-state index in [0.29, 0.717) is 6.04 Å². The number of piperidine rings is 1. The highest BCUT2D eigenvalue weighted by Crippen LogP contribution is 2.24. The maximum absolute atomic E-state index is 13.2. The Morgan fingerprint density at radius 2 is 2.11 bits per heavy atom. The predicted molar refractivity (Wildman–Crippen MR) is 75.4 cm³/mol. The zero-order chi connectivity index (χ0) is 13.2. The molecular weight excluding hydrogens is 239 g/mol. The second kappa shape index (κ2) is 5.59. The Balaban J connectivity index is 1.59. The third-order valence-corrected chi connectivity index (χ3v) is 4.08. The topological polar surface area (TPSA) is 15.3 Å². The molecule has 0 aromatic heterocycles. The first-order valence-corrected chi connectivity index (χ1v) is 7.42. The van der Waals surface area contributed by atoms with Gasteiger partial charge < -0.3 is 5.32 Å². The van der Waals surface area contributed by atoms with Crippen molar-refractivity contribution in [2.24, 2.45) is 5.92 Å². The molecule has 1 saturated carbocycles. The maximum atomic E-state index is 13.2. The van der Waals surface area contributed by atoms with Gasteiger partial charge in [-0.05, 0) is 42.9 Å². The zero-order valence-electron chi connectivity index (χ0n) is 11.6. The smallest absolute Gasteiger partial charge is 0.123 e. The van der Waals surface area contributed by atoms with Crippen molar-refractivity contribution < 1.29 is 4.39 Å². The minimum absolute atomic E-state index is 0.129. The SMILES string of the molecule is CC1CC(NC2CC2)CN(Cc2cccc(F)c2)C1.